The lowest BCUT2D eigenvalue weighted by Crippen LogP contribution is -2.49. The van der Waals surface area contributed by atoms with Gasteiger partial charge in [-0.25, -0.2) is 19.4 Å². The molecule has 0 spiro atoms. The Morgan fingerprint density at radius 1 is 1.11 bits per heavy atom. The first-order chi connectivity index (χ1) is 18.5. The highest BCUT2D eigenvalue weighted by Crippen LogP contribution is 2.43. The smallest absolute Gasteiger partial charge is 0.388 e. The molecular formula is C26H30F2N6O4. The molecule has 3 aromatic heterocycles. The van der Waals surface area contributed by atoms with Crippen molar-refractivity contribution < 1.29 is 28.2 Å². The highest BCUT2D eigenvalue weighted by Gasteiger charge is 2.32. The van der Waals surface area contributed by atoms with Gasteiger partial charge in [0.1, 0.15) is 0 Å². The zero-order chi connectivity index (χ0) is 26.2. The van der Waals surface area contributed by atoms with Gasteiger partial charge in [-0.15, -0.1) is 0 Å². The van der Waals surface area contributed by atoms with E-state index in [1.165, 1.54) is 12.3 Å². The van der Waals surface area contributed by atoms with E-state index >= 15 is 0 Å². The van der Waals surface area contributed by atoms with Gasteiger partial charge in [0.05, 0.1) is 35.7 Å². The van der Waals surface area contributed by atoms with Crippen LogP contribution in [0, 0.1) is 0 Å². The number of aromatic nitrogens is 4. The molecule has 5 heterocycles. The Bertz CT molecular complexity index is 1320. The normalized spacial score (nSPS) is 19.7. The molecular weight excluding hydrogens is 498 g/mol. The van der Waals surface area contributed by atoms with Crippen molar-refractivity contribution in [3.8, 4) is 11.6 Å². The number of piperidine rings is 1. The van der Waals surface area contributed by atoms with Crippen molar-refractivity contribution in [2.45, 2.75) is 50.7 Å². The zero-order valence-electron chi connectivity index (χ0n) is 20.9. The second-order valence-electron chi connectivity index (χ2n) is 10.1. The van der Waals surface area contributed by atoms with Gasteiger partial charge in [-0.1, -0.05) is 6.42 Å². The number of aromatic carboxylic acids is 1. The number of morpholine rings is 1. The standard InChI is InChI=1S/C26H30F2N6O4/c27-26(28)38-21-14-18(4-7-29-21)34-24-22(23(31-34)16-2-1-3-16)20(15-19(30-24)25(35)36)33-8-5-17(6-9-33)32-10-12-37-13-11-32/h4,7,14-17,26H,1-3,5-6,8-13H2,(H,35,36). The molecule has 12 heteroatoms. The largest absolute Gasteiger partial charge is 0.477 e. The van der Waals surface area contributed by atoms with Crippen LogP contribution in [0.5, 0.6) is 5.88 Å². The average molecular weight is 529 g/mol. The van der Waals surface area contributed by atoms with E-state index in [0.717, 1.165) is 88.3 Å². The summed E-state index contributed by atoms with van der Waals surface area (Å²) in [6.45, 7) is 1.96. The lowest BCUT2D eigenvalue weighted by atomic mass is 9.82. The number of carbonyl (C=O) groups is 1. The summed E-state index contributed by atoms with van der Waals surface area (Å²) < 4.78 is 37.2. The molecule has 202 valence electrons. The van der Waals surface area contributed by atoms with Crippen LogP contribution in [0.3, 0.4) is 0 Å². The molecule has 6 rings (SSSR count). The summed E-state index contributed by atoms with van der Waals surface area (Å²) >= 11 is 0. The zero-order valence-corrected chi connectivity index (χ0v) is 20.9. The van der Waals surface area contributed by atoms with E-state index in [-0.39, 0.29) is 17.5 Å². The van der Waals surface area contributed by atoms with Crippen LogP contribution in [-0.4, -0.2) is 87.8 Å². The summed E-state index contributed by atoms with van der Waals surface area (Å²) in [4.78, 5) is 25.2. The number of alkyl halides is 2. The van der Waals surface area contributed by atoms with Crippen molar-refractivity contribution in [3.05, 3.63) is 35.8 Å². The van der Waals surface area contributed by atoms with Gasteiger partial charge in [0.2, 0.25) is 5.88 Å². The minimum absolute atomic E-state index is 0.0813. The molecule has 0 aromatic carbocycles. The lowest BCUT2D eigenvalue weighted by molar-refractivity contribution is -0.0528. The number of hydrogen-bond donors (Lipinski definition) is 1. The number of rotatable bonds is 7. The number of fused-ring (bicyclic) bond motifs is 1. The van der Waals surface area contributed by atoms with Crippen LogP contribution in [0.4, 0.5) is 14.5 Å². The van der Waals surface area contributed by atoms with Crippen molar-refractivity contribution in [1.82, 2.24) is 24.6 Å². The highest BCUT2D eigenvalue weighted by molar-refractivity contribution is 5.98. The van der Waals surface area contributed by atoms with Crippen LogP contribution < -0.4 is 9.64 Å². The van der Waals surface area contributed by atoms with Crippen molar-refractivity contribution in [3.63, 3.8) is 0 Å². The molecule has 1 aliphatic carbocycles. The molecule has 2 aliphatic heterocycles. The number of carboxylic acid groups (broad SMARTS) is 1. The molecule has 0 amide bonds. The molecule has 0 bridgehead atoms. The van der Waals surface area contributed by atoms with Crippen LogP contribution in [-0.2, 0) is 4.74 Å². The van der Waals surface area contributed by atoms with Gasteiger partial charge < -0.3 is 19.5 Å². The predicted molar refractivity (Wildman–Crippen MR) is 134 cm³/mol. The van der Waals surface area contributed by atoms with Crippen molar-refractivity contribution in [2.24, 2.45) is 0 Å². The number of carboxylic acids is 1. The van der Waals surface area contributed by atoms with Crippen molar-refractivity contribution in [2.75, 3.05) is 44.3 Å². The Labute approximate surface area is 218 Å². The van der Waals surface area contributed by atoms with E-state index in [9.17, 15) is 18.7 Å². The van der Waals surface area contributed by atoms with Gasteiger partial charge in [-0.2, -0.15) is 13.9 Å². The lowest BCUT2D eigenvalue weighted by Gasteiger charge is -2.41. The Morgan fingerprint density at radius 3 is 2.53 bits per heavy atom. The molecule has 2 saturated heterocycles. The molecule has 3 aromatic rings. The average Bonchev–Trinajstić information content (AvgIpc) is 3.26. The number of ether oxygens (including phenoxy) is 2. The quantitative estimate of drug-likeness (QED) is 0.492. The number of anilines is 1. The fourth-order valence-corrected chi connectivity index (χ4v) is 5.73. The van der Waals surface area contributed by atoms with Crippen LogP contribution in [0.25, 0.3) is 16.7 Å². The molecule has 3 fully saturated rings. The molecule has 3 aliphatic rings. The topological polar surface area (TPSA) is 106 Å². The van der Waals surface area contributed by atoms with E-state index in [2.05, 4.69) is 24.5 Å². The van der Waals surface area contributed by atoms with Gasteiger partial charge in [-0.05, 0) is 37.8 Å². The second-order valence-corrected chi connectivity index (χ2v) is 10.1. The summed E-state index contributed by atoms with van der Waals surface area (Å²) in [5.74, 6) is -1.14. The predicted octanol–water partition coefficient (Wildman–Crippen LogP) is 3.68. The monoisotopic (exact) mass is 528 g/mol. The van der Waals surface area contributed by atoms with E-state index < -0.39 is 12.6 Å². The molecule has 0 atom stereocenters. The van der Waals surface area contributed by atoms with E-state index in [4.69, 9.17) is 9.84 Å². The maximum Gasteiger partial charge on any atom is 0.388 e. The van der Waals surface area contributed by atoms with Crippen LogP contribution in [0.1, 0.15) is 54.2 Å². The number of hydrogen-bond acceptors (Lipinski definition) is 8. The molecule has 0 radical (unpaired) electrons. The highest BCUT2D eigenvalue weighted by atomic mass is 19.3. The third kappa shape index (κ3) is 4.78. The van der Waals surface area contributed by atoms with Gasteiger partial charge in [-0.3, -0.25) is 4.90 Å². The van der Waals surface area contributed by atoms with Gasteiger partial charge in [0.25, 0.3) is 0 Å². The number of halogens is 2. The number of pyridine rings is 2. The van der Waals surface area contributed by atoms with Crippen LogP contribution >= 0.6 is 0 Å². The Balaban J connectivity index is 1.42. The van der Waals surface area contributed by atoms with Crippen molar-refractivity contribution in [1.29, 1.82) is 0 Å². The third-order valence-corrected chi connectivity index (χ3v) is 7.90. The van der Waals surface area contributed by atoms with Crippen LogP contribution in [0.15, 0.2) is 24.4 Å². The first-order valence-electron chi connectivity index (χ1n) is 13.1. The third-order valence-electron chi connectivity index (χ3n) is 7.90. The fourth-order valence-electron chi connectivity index (χ4n) is 5.73. The Morgan fingerprint density at radius 2 is 1.87 bits per heavy atom. The minimum Gasteiger partial charge on any atom is -0.477 e. The summed E-state index contributed by atoms with van der Waals surface area (Å²) in [5, 5.41) is 15.6. The summed E-state index contributed by atoms with van der Waals surface area (Å²) in [6.07, 6.45) is 6.38. The van der Waals surface area contributed by atoms with Gasteiger partial charge in [0.15, 0.2) is 11.3 Å². The first kappa shape index (κ1) is 24.9. The molecule has 38 heavy (non-hydrogen) atoms. The first-order valence-corrected chi connectivity index (χ1v) is 13.1. The fraction of sp³-hybridized carbons (Fsp3) is 0.538. The van der Waals surface area contributed by atoms with Crippen molar-refractivity contribution >= 4 is 22.7 Å². The molecule has 0 unspecified atom stereocenters. The second kappa shape index (κ2) is 10.4. The minimum atomic E-state index is -3.01. The van der Waals surface area contributed by atoms with Crippen LogP contribution in [0.2, 0.25) is 0 Å². The summed E-state index contributed by atoms with van der Waals surface area (Å²) in [5.41, 5.74) is 2.43. The van der Waals surface area contributed by atoms with Gasteiger partial charge >= 0.3 is 12.6 Å². The van der Waals surface area contributed by atoms with E-state index in [0.29, 0.717) is 17.4 Å². The molecule has 1 saturated carbocycles. The Hall–Kier alpha value is -3.38. The maximum absolute atomic E-state index is 12.8. The number of nitrogens with zero attached hydrogens (tertiary/aromatic N) is 6. The van der Waals surface area contributed by atoms with E-state index in [1.54, 1.807) is 16.8 Å². The molecule has 10 nitrogen and oxygen atoms in total. The maximum atomic E-state index is 12.8. The van der Waals surface area contributed by atoms with Gasteiger partial charge in [0, 0.05) is 50.4 Å². The Kier molecular flexibility index (Phi) is 6.83. The summed E-state index contributed by atoms with van der Waals surface area (Å²) in [7, 11) is 0. The summed E-state index contributed by atoms with van der Waals surface area (Å²) in [6, 6.07) is 5.13. The van der Waals surface area contributed by atoms with E-state index in [1.807, 2.05) is 0 Å². The molecule has 1 N–H and O–H groups in total. The SMILES string of the molecule is O=C(O)c1cc(N2CCC(N3CCOCC3)CC2)c2c(C3CCC3)nn(-c3ccnc(OC(F)F)c3)c2n1.